The molecule has 1 atom stereocenters. The van der Waals surface area contributed by atoms with Crippen LogP contribution in [0.5, 0.6) is 5.75 Å². The normalized spacial score (nSPS) is 12.4. The van der Waals surface area contributed by atoms with E-state index in [4.69, 9.17) is 10.5 Å². The van der Waals surface area contributed by atoms with Crippen LogP contribution in [0.1, 0.15) is 18.1 Å². The van der Waals surface area contributed by atoms with Crippen LogP contribution in [-0.4, -0.2) is 27.2 Å². The van der Waals surface area contributed by atoms with E-state index >= 15 is 0 Å². The third-order valence-corrected chi connectivity index (χ3v) is 3.00. The Kier molecular flexibility index (Phi) is 4.82. The minimum atomic E-state index is 0.477. The molecule has 0 spiro atoms. The molecule has 3 nitrogen and oxygen atoms in total. The minimum absolute atomic E-state index is 0.477. The lowest BCUT2D eigenvalue weighted by atomic mass is 10.1. The number of benzene rings is 1. The summed E-state index contributed by atoms with van der Waals surface area (Å²) >= 11 is 0. The van der Waals surface area contributed by atoms with Gasteiger partial charge in [-0.2, -0.15) is 0 Å². The lowest BCUT2D eigenvalue weighted by Gasteiger charge is -2.26. The zero-order valence-electron chi connectivity index (χ0n) is 11.6. The highest BCUT2D eigenvalue weighted by molar-refractivity contribution is 5.63. The van der Waals surface area contributed by atoms with Crippen molar-refractivity contribution < 1.29 is 4.74 Å². The number of methoxy groups -OCH3 is 1. The van der Waals surface area contributed by atoms with E-state index in [9.17, 15) is 0 Å². The minimum Gasteiger partial charge on any atom is -0.494 e. The maximum Gasteiger partial charge on any atom is 0.145 e. The molecule has 0 aliphatic carbocycles. The lowest BCUT2D eigenvalue weighted by Crippen LogP contribution is -2.28. The molecule has 0 fully saturated rings. The number of rotatable bonds is 5. The number of aryl methyl sites for hydroxylation is 2. The van der Waals surface area contributed by atoms with Gasteiger partial charge < -0.3 is 15.4 Å². The predicted octanol–water partition coefficient (Wildman–Crippen LogP) is 2.34. The molecule has 1 rings (SSSR count). The first-order valence-electron chi connectivity index (χ1n) is 6.06. The Morgan fingerprint density at radius 3 is 2.53 bits per heavy atom. The van der Waals surface area contributed by atoms with Crippen molar-refractivity contribution >= 4 is 5.69 Å². The van der Waals surface area contributed by atoms with Crippen molar-refractivity contribution in [3.63, 3.8) is 0 Å². The molecule has 0 radical (unpaired) electrons. The van der Waals surface area contributed by atoms with E-state index in [1.54, 1.807) is 7.11 Å². The van der Waals surface area contributed by atoms with E-state index in [1.165, 1.54) is 11.1 Å². The summed E-state index contributed by atoms with van der Waals surface area (Å²) in [4.78, 5) is 2.22. The van der Waals surface area contributed by atoms with Gasteiger partial charge in [-0.05, 0) is 43.5 Å². The predicted molar refractivity (Wildman–Crippen MR) is 74.0 cm³/mol. The summed E-state index contributed by atoms with van der Waals surface area (Å²) in [5.74, 6) is 1.44. The molecule has 0 heterocycles. The van der Waals surface area contributed by atoms with Gasteiger partial charge in [0.1, 0.15) is 5.75 Å². The molecule has 2 N–H and O–H groups in total. The molecule has 96 valence electrons. The van der Waals surface area contributed by atoms with E-state index in [0.717, 1.165) is 18.0 Å². The molecule has 0 saturated heterocycles. The van der Waals surface area contributed by atoms with E-state index in [0.29, 0.717) is 12.5 Å². The van der Waals surface area contributed by atoms with E-state index in [-0.39, 0.29) is 0 Å². The first-order valence-corrected chi connectivity index (χ1v) is 6.06. The zero-order valence-corrected chi connectivity index (χ0v) is 11.6. The molecule has 0 bridgehead atoms. The number of nitrogens with zero attached hydrogens (tertiary/aromatic N) is 1. The Hall–Kier alpha value is -1.22. The van der Waals surface area contributed by atoms with Crippen molar-refractivity contribution in [2.24, 2.45) is 11.7 Å². The van der Waals surface area contributed by atoms with E-state index < -0.39 is 0 Å². The second kappa shape index (κ2) is 5.92. The first kappa shape index (κ1) is 13.8. The number of hydrogen-bond acceptors (Lipinski definition) is 3. The highest BCUT2D eigenvalue weighted by Crippen LogP contribution is 2.32. The fourth-order valence-corrected chi connectivity index (χ4v) is 2.12. The third kappa shape index (κ3) is 3.37. The summed E-state index contributed by atoms with van der Waals surface area (Å²) in [6.45, 7) is 7.99. The molecular weight excluding hydrogens is 212 g/mol. The maximum atomic E-state index is 5.67. The molecule has 1 unspecified atom stereocenters. The monoisotopic (exact) mass is 236 g/mol. The van der Waals surface area contributed by atoms with Crippen LogP contribution >= 0.6 is 0 Å². The average molecular weight is 236 g/mol. The molecule has 0 aliphatic heterocycles. The average Bonchev–Trinajstić information content (AvgIpc) is 2.27. The van der Waals surface area contributed by atoms with Crippen LogP contribution in [0.25, 0.3) is 0 Å². The van der Waals surface area contributed by atoms with Gasteiger partial charge in [-0.15, -0.1) is 0 Å². The van der Waals surface area contributed by atoms with Gasteiger partial charge in [-0.25, -0.2) is 0 Å². The fourth-order valence-electron chi connectivity index (χ4n) is 2.12. The molecule has 1 aromatic rings. The first-order chi connectivity index (χ1) is 7.99. The van der Waals surface area contributed by atoms with Gasteiger partial charge in [0.2, 0.25) is 0 Å². The van der Waals surface area contributed by atoms with Crippen LogP contribution in [0.3, 0.4) is 0 Å². The fraction of sp³-hybridized carbons (Fsp3) is 0.571. The van der Waals surface area contributed by atoms with Gasteiger partial charge in [0.15, 0.2) is 0 Å². The summed E-state index contributed by atoms with van der Waals surface area (Å²) in [7, 11) is 3.81. The van der Waals surface area contributed by atoms with Crippen molar-refractivity contribution in [3.8, 4) is 5.75 Å². The number of ether oxygens (including phenoxy) is 1. The van der Waals surface area contributed by atoms with Gasteiger partial charge in [0.25, 0.3) is 0 Å². The number of nitrogens with two attached hydrogens (primary N) is 1. The molecule has 0 aromatic heterocycles. The van der Waals surface area contributed by atoms with Gasteiger partial charge in [0, 0.05) is 13.6 Å². The lowest BCUT2D eigenvalue weighted by molar-refractivity contribution is 0.411. The molecule has 0 amide bonds. The van der Waals surface area contributed by atoms with Crippen LogP contribution in [0, 0.1) is 19.8 Å². The summed E-state index contributed by atoms with van der Waals surface area (Å²) < 4.78 is 5.49. The Bertz CT molecular complexity index is 377. The quantitative estimate of drug-likeness (QED) is 0.853. The van der Waals surface area contributed by atoms with Crippen molar-refractivity contribution in [2.45, 2.75) is 20.8 Å². The highest BCUT2D eigenvalue weighted by atomic mass is 16.5. The number of anilines is 1. The van der Waals surface area contributed by atoms with Crippen LogP contribution < -0.4 is 15.4 Å². The molecule has 1 aromatic carbocycles. The Morgan fingerprint density at radius 1 is 1.35 bits per heavy atom. The van der Waals surface area contributed by atoms with Gasteiger partial charge in [0.05, 0.1) is 12.8 Å². The molecule has 0 aliphatic rings. The van der Waals surface area contributed by atoms with Crippen molar-refractivity contribution in [3.05, 3.63) is 23.3 Å². The Morgan fingerprint density at radius 2 is 2.00 bits per heavy atom. The Labute approximate surface area is 105 Å². The van der Waals surface area contributed by atoms with Gasteiger partial charge in [-0.1, -0.05) is 13.0 Å². The van der Waals surface area contributed by atoms with E-state index in [2.05, 4.69) is 44.9 Å². The number of hydrogen-bond donors (Lipinski definition) is 1. The molecular formula is C14H24N2O. The smallest absolute Gasteiger partial charge is 0.145 e. The summed E-state index contributed by atoms with van der Waals surface area (Å²) in [5, 5.41) is 0. The third-order valence-electron chi connectivity index (χ3n) is 3.00. The van der Waals surface area contributed by atoms with Crippen LogP contribution in [0.4, 0.5) is 5.69 Å². The molecule has 3 heteroatoms. The molecule has 17 heavy (non-hydrogen) atoms. The van der Waals surface area contributed by atoms with Crippen molar-refractivity contribution in [1.29, 1.82) is 0 Å². The summed E-state index contributed by atoms with van der Waals surface area (Å²) in [5.41, 5.74) is 9.25. The van der Waals surface area contributed by atoms with Crippen LogP contribution in [0.2, 0.25) is 0 Å². The molecule has 0 saturated carbocycles. The van der Waals surface area contributed by atoms with Gasteiger partial charge >= 0.3 is 0 Å². The van der Waals surface area contributed by atoms with Crippen molar-refractivity contribution in [1.82, 2.24) is 0 Å². The van der Waals surface area contributed by atoms with Gasteiger partial charge in [-0.3, -0.25) is 0 Å². The SMILES string of the molecule is COc1c(C)cc(C)cc1N(C)CC(C)CN. The summed E-state index contributed by atoms with van der Waals surface area (Å²) in [6, 6.07) is 4.30. The maximum absolute atomic E-state index is 5.67. The topological polar surface area (TPSA) is 38.5 Å². The second-order valence-electron chi connectivity index (χ2n) is 4.86. The standard InChI is InChI=1S/C14H24N2O/c1-10-6-12(3)14(17-5)13(7-10)16(4)9-11(2)8-15/h6-7,11H,8-9,15H2,1-5H3. The second-order valence-corrected chi connectivity index (χ2v) is 4.86. The van der Waals surface area contributed by atoms with Crippen LogP contribution in [-0.2, 0) is 0 Å². The highest BCUT2D eigenvalue weighted by Gasteiger charge is 2.13. The largest absolute Gasteiger partial charge is 0.494 e. The van der Waals surface area contributed by atoms with Crippen molar-refractivity contribution in [2.75, 3.05) is 32.1 Å². The van der Waals surface area contributed by atoms with Crippen LogP contribution in [0.15, 0.2) is 12.1 Å². The van der Waals surface area contributed by atoms with E-state index in [1.807, 2.05) is 0 Å². The zero-order chi connectivity index (χ0) is 13.0. The summed E-state index contributed by atoms with van der Waals surface area (Å²) in [6.07, 6.45) is 0. The Balaban J connectivity index is 3.02.